The number of carbonyl (C=O) groups is 1. The molecule has 1 aliphatic heterocycles. The molecule has 0 spiro atoms. The highest BCUT2D eigenvalue weighted by Crippen LogP contribution is 2.22. The van der Waals surface area contributed by atoms with Crippen LogP contribution in [-0.4, -0.2) is 35.3 Å². The van der Waals surface area contributed by atoms with Gasteiger partial charge in [0.1, 0.15) is 5.82 Å². The number of piperidine rings is 1. The van der Waals surface area contributed by atoms with E-state index in [1.54, 1.807) is 12.1 Å². The van der Waals surface area contributed by atoms with E-state index in [2.05, 4.69) is 15.3 Å². The number of rotatable bonds is 5. The van der Waals surface area contributed by atoms with Crippen molar-refractivity contribution in [2.24, 2.45) is 5.92 Å². The molecule has 1 fully saturated rings. The van der Waals surface area contributed by atoms with Gasteiger partial charge in [0.25, 0.3) is 5.56 Å². The lowest BCUT2D eigenvalue weighted by molar-refractivity contribution is -0.125. The van der Waals surface area contributed by atoms with E-state index in [9.17, 15) is 9.59 Å². The summed E-state index contributed by atoms with van der Waals surface area (Å²) in [6.45, 7) is 6.17. The molecule has 2 heterocycles. The van der Waals surface area contributed by atoms with Gasteiger partial charge in [0.2, 0.25) is 5.91 Å². The molecule has 0 radical (unpaired) electrons. The lowest BCUT2D eigenvalue weighted by Crippen LogP contribution is -2.41. The van der Waals surface area contributed by atoms with Crippen LogP contribution in [-0.2, 0) is 4.79 Å². The van der Waals surface area contributed by atoms with Crippen LogP contribution in [0.2, 0.25) is 5.02 Å². The number of amides is 1. The molecule has 27 heavy (non-hydrogen) atoms. The summed E-state index contributed by atoms with van der Waals surface area (Å²) in [6.07, 6.45) is 2.51. The lowest BCUT2D eigenvalue weighted by Gasteiger charge is -2.32. The minimum atomic E-state index is -0.201. The zero-order valence-electron chi connectivity index (χ0n) is 15.7. The summed E-state index contributed by atoms with van der Waals surface area (Å²) in [4.78, 5) is 26.5. The van der Waals surface area contributed by atoms with Crippen LogP contribution in [0.25, 0.3) is 5.69 Å². The van der Waals surface area contributed by atoms with E-state index >= 15 is 0 Å². The van der Waals surface area contributed by atoms with Gasteiger partial charge in [-0.1, -0.05) is 24.6 Å². The van der Waals surface area contributed by atoms with Crippen LogP contribution in [0.5, 0.6) is 0 Å². The predicted molar refractivity (Wildman–Crippen MR) is 108 cm³/mol. The Morgan fingerprint density at radius 3 is 2.67 bits per heavy atom. The first-order chi connectivity index (χ1) is 13.0. The normalized spacial score (nSPS) is 15.0. The fourth-order valence-corrected chi connectivity index (χ4v) is 3.41. The van der Waals surface area contributed by atoms with Crippen LogP contribution < -0.4 is 15.8 Å². The third-order valence-corrected chi connectivity index (χ3v) is 5.33. The maximum Gasteiger partial charge on any atom is 0.271 e. The first-order valence-corrected chi connectivity index (χ1v) is 9.77. The second-order valence-corrected chi connectivity index (χ2v) is 7.33. The third-order valence-electron chi connectivity index (χ3n) is 4.93. The van der Waals surface area contributed by atoms with Crippen molar-refractivity contribution in [2.45, 2.75) is 33.1 Å². The van der Waals surface area contributed by atoms with Gasteiger partial charge in [-0.15, -0.1) is 5.10 Å². The summed E-state index contributed by atoms with van der Waals surface area (Å²) in [5.74, 6) is 0.928. The van der Waals surface area contributed by atoms with Crippen molar-refractivity contribution in [2.75, 3.05) is 24.5 Å². The number of aromatic nitrogens is 2. The largest absolute Gasteiger partial charge is 0.356 e. The third kappa shape index (κ3) is 4.50. The zero-order chi connectivity index (χ0) is 19.4. The van der Waals surface area contributed by atoms with Crippen LogP contribution >= 0.6 is 11.6 Å². The maximum atomic E-state index is 12.3. The quantitative estimate of drug-likeness (QED) is 0.855. The van der Waals surface area contributed by atoms with Gasteiger partial charge < -0.3 is 10.2 Å². The fraction of sp³-hybridized carbons (Fsp3) is 0.450. The van der Waals surface area contributed by atoms with Crippen molar-refractivity contribution in [1.82, 2.24) is 15.1 Å². The van der Waals surface area contributed by atoms with E-state index < -0.39 is 0 Å². The van der Waals surface area contributed by atoms with Crippen LogP contribution in [0.4, 0.5) is 5.82 Å². The van der Waals surface area contributed by atoms with Crippen LogP contribution in [0, 0.1) is 12.8 Å². The molecule has 0 atom stereocenters. The Kier molecular flexibility index (Phi) is 6.16. The standard InChI is InChI=1S/C20H25ClN4O2/c1-3-10-22-20(27)15-8-11-24(12-9-15)18-6-7-19(26)25(23-18)16-5-4-14(2)17(21)13-16/h4-7,13,15H,3,8-12H2,1-2H3,(H,22,27). The smallest absolute Gasteiger partial charge is 0.271 e. The van der Waals surface area contributed by atoms with Gasteiger partial charge in [-0.05, 0) is 49.9 Å². The molecule has 1 amide bonds. The van der Waals surface area contributed by atoms with Gasteiger partial charge in [-0.2, -0.15) is 4.68 Å². The monoisotopic (exact) mass is 388 g/mol. The Balaban J connectivity index is 1.74. The molecule has 144 valence electrons. The highest BCUT2D eigenvalue weighted by Gasteiger charge is 2.25. The SMILES string of the molecule is CCCNC(=O)C1CCN(c2ccc(=O)n(-c3ccc(C)c(Cl)c3)n2)CC1. The van der Waals surface area contributed by atoms with E-state index in [4.69, 9.17) is 11.6 Å². The molecule has 6 nitrogen and oxygen atoms in total. The van der Waals surface area contributed by atoms with Crippen molar-refractivity contribution >= 4 is 23.3 Å². The second-order valence-electron chi connectivity index (χ2n) is 6.93. The summed E-state index contributed by atoms with van der Waals surface area (Å²) < 4.78 is 1.38. The molecule has 0 aliphatic carbocycles. The Labute approximate surface area is 164 Å². The Bertz CT molecular complexity index is 873. The average molecular weight is 389 g/mol. The van der Waals surface area contributed by atoms with E-state index in [0.29, 0.717) is 10.7 Å². The molecule has 0 unspecified atom stereocenters. The number of nitrogens with one attached hydrogen (secondary N) is 1. The highest BCUT2D eigenvalue weighted by molar-refractivity contribution is 6.31. The summed E-state index contributed by atoms with van der Waals surface area (Å²) >= 11 is 6.19. The molecule has 3 rings (SSSR count). The minimum Gasteiger partial charge on any atom is -0.356 e. The molecular weight excluding hydrogens is 364 g/mol. The average Bonchev–Trinajstić information content (AvgIpc) is 2.69. The molecule has 0 bridgehead atoms. The van der Waals surface area contributed by atoms with Gasteiger partial charge >= 0.3 is 0 Å². The number of hydrogen-bond donors (Lipinski definition) is 1. The molecule has 1 aromatic heterocycles. The van der Waals surface area contributed by atoms with E-state index in [-0.39, 0.29) is 17.4 Å². The van der Waals surface area contributed by atoms with E-state index in [0.717, 1.165) is 50.3 Å². The second kappa shape index (κ2) is 8.57. The number of aryl methyl sites for hydroxylation is 1. The number of nitrogens with zero attached hydrogens (tertiary/aromatic N) is 3. The summed E-state index contributed by atoms with van der Waals surface area (Å²) in [5.41, 5.74) is 1.40. The molecule has 1 aromatic carbocycles. The topological polar surface area (TPSA) is 67.2 Å². The summed E-state index contributed by atoms with van der Waals surface area (Å²) in [5, 5.41) is 8.10. The minimum absolute atomic E-state index is 0.0506. The van der Waals surface area contributed by atoms with Gasteiger partial charge in [0, 0.05) is 36.6 Å². The zero-order valence-corrected chi connectivity index (χ0v) is 16.5. The lowest BCUT2D eigenvalue weighted by atomic mass is 9.96. The fourth-order valence-electron chi connectivity index (χ4n) is 3.23. The number of benzene rings is 1. The first-order valence-electron chi connectivity index (χ1n) is 9.39. The van der Waals surface area contributed by atoms with Crippen molar-refractivity contribution in [3.8, 4) is 5.69 Å². The molecular formula is C20H25ClN4O2. The summed E-state index contributed by atoms with van der Waals surface area (Å²) in [7, 11) is 0. The van der Waals surface area contributed by atoms with Crippen LogP contribution in [0.15, 0.2) is 35.1 Å². The van der Waals surface area contributed by atoms with Crippen molar-refractivity contribution in [3.05, 3.63) is 51.3 Å². The molecule has 7 heteroatoms. The Hall–Kier alpha value is -2.34. The molecule has 0 saturated carbocycles. The van der Waals surface area contributed by atoms with Crippen molar-refractivity contribution in [1.29, 1.82) is 0 Å². The predicted octanol–water partition coefficient (Wildman–Crippen LogP) is 2.94. The first kappa shape index (κ1) is 19.4. The van der Waals surface area contributed by atoms with E-state index in [1.165, 1.54) is 10.7 Å². The van der Waals surface area contributed by atoms with Gasteiger partial charge in [-0.25, -0.2) is 0 Å². The number of carbonyl (C=O) groups excluding carboxylic acids is 1. The Morgan fingerprint density at radius 1 is 1.26 bits per heavy atom. The van der Waals surface area contributed by atoms with Crippen molar-refractivity contribution < 1.29 is 4.79 Å². The number of halogens is 1. The van der Waals surface area contributed by atoms with Crippen LogP contribution in [0.1, 0.15) is 31.7 Å². The Morgan fingerprint density at radius 2 is 2.00 bits per heavy atom. The van der Waals surface area contributed by atoms with Gasteiger partial charge in [0.05, 0.1) is 5.69 Å². The molecule has 2 aromatic rings. The number of hydrogen-bond acceptors (Lipinski definition) is 4. The number of anilines is 1. The molecule has 1 aliphatic rings. The van der Waals surface area contributed by atoms with Crippen LogP contribution in [0.3, 0.4) is 0 Å². The molecule has 1 N–H and O–H groups in total. The highest BCUT2D eigenvalue weighted by atomic mass is 35.5. The molecule has 1 saturated heterocycles. The summed E-state index contributed by atoms with van der Waals surface area (Å²) in [6, 6.07) is 8.73. The van der Waals surface area contributed by atoms with Crippen molar-refractivity contribution in [3.63, 3.8) is 0 Å². The van der Waals surface area contributed by atoms with E-state index in [1.807, 2.05) is 26.0 Å². The van der Waals surface area contributed by atoms with Gasteiger partial charge in [0.15, 0.2) is 0 Å². The maximum absolute atomic E-state index is 12.3. The van der Waals surface area contributed by atoms with Gasteiger partial charge in [-0.3, -0.25) is 9.59 Å².